The van der Waals surface area contributed by atoms with Gasteiger partial charge in [0.25, 0.3) is 0 Å². The first-order valence-electron chi connectivity index (χ1n) is 11.3. The molecule has 5 rings (SSSR count). The number of sulfonamides is 1. The van der Waals surface area contributed by atoms with Crippen molar-refractivity contribution < 1.29 is 8.42 Å². The molecule has 186 valence electrons. The van der Waals surface area contributed by atoms with E-state index in [-0.39, 0.29) is 12.1 Å². The molecule has 3 aromatic heterocycles. The largest absolute Gasteiger partial charge is 0.351 e. The summed E-state index contributed by atoms with van der Waals surface area (Å²) in [7, 11) is -3.39. The van der Waals surface area contributed by atoms with E-state index >= 15 is 0 Å². The number of pyridine rings is 1. The number of hydrogen-bond acceptors (Lipinski definition) is 6. The summed E-state index contributed by atoms with van der Waals surface area (Å²) in [6.45, 7) is 6.06. The predicted molar refractivity (Wildman–Crippen MR) is 148 cm³/mol. The third-order valence-corrected chi connectivity index (χ3v) is 7.94. The molecule has 1 fully saturated rings. The van der Waals surface area contributed by atoms with Crippen molar-refractivity contribution in [3.05, 3.63) is 88.4 Å². The van der Waals surface area contributed by atoms with E-state index in [1.165, 1.54) is 0 Å². The molecule has 0 bridgehead atoms. The van der Waals surface area contributed by atoms with Crippen molar-refractivity contribution in [1.82, 2.24) is 19.9 Å². The number of aromatic nitrogens is 3. The molecule has 0 saturated carbocycles. The van der Waals surface area contributed by atoms with Crippen molar-refractivity contribution in [3.8, 4) is 5.13 Å². The Morgan fingerprint density at radius 2 is 1.89 bits per heavy atom. The summed E-state index contributed by atoms with van der Waals surface area (Å²) in [5.74, 6) is 0. The highest BCUT2D eigenvalue weighted by atomic mass is 32.2. The maximum absolute atomic E-state index is 11.8. The Balaban J connectivity index is 1.64. The monoisotopic (exact) mass is 538 g/mol. The molecular formula is C25H26N6O2S3. The number of rotatable bonds is 6. The number of nitrogens with zero attached hydrogens (tertiary/aromatic N) is 4. The third kappa shape index (κ3) is 4.49. The van der Waals surface area contributed by atoms with E-state index in [1.807, 2.05) is 48.8 Å². The van der Waals surface area contributed by atoms with Crippen LogP contribution in [0.5, 0.6) is 0 Å². The highest BCUT2D eigenvalue weighted by Gasteiger charge is 2.42. The van der Waals surface area contributed by atoms with Gasteiger partial charge in [0.1, 0.15) is 0 Å². The van der Waals surface area contributed by atoms with Gasteiger partial charge in [0.15, 0.2) is 10.2 Å². The van der Waals surface area contributed by atoms with E-state index in [0.717, 1.165) is 45.3 Å². The lowest BCUT2D eigenvalue weighted by molar-refractivity contribution is 0.565. The number of hydrogen-bond donors (Lipinski definition) is 2. The van der Waals surface area contributed by atoms with Gasteiger partial charge in [-0.15, -0.1) is 11.3 Å². The summed E-state index contributed by atoms with van der Waals surface area (Å²) >= 11 is 7.45. The van der Waals surface area contributed by atoms with Crippen LogP contribution in [0.1, 0.15) is 40.3 Å². The second kappa shape index (κ2) is 9.30. The molecule has 0 unspecified atom stereocenters. The van der Waals surface area contributed by atoms with Crippen LogP contribution in [0.2, 0.25) is 0 Å². The van der Waals surface area contributed by atoms with Crippen LogP contribution in [-0.4, -0.2) is 34.3 Å². The number of anilines is 2. The van der Waals surface area contributed by atoms with E-state index in [1.54, 1.807) is 23.6 Å². The minimum atomic E-state index is -3.39. The molecule has 0 aliphatic carbocycles. The predicted octanol–water partition coefficient (Wildman–Crippen LogP) is 4.80. The van der Waals surface area contributed by atoms with Gasteiger partial charge < -0.3 is 10.2 Å². The van der Waals surface area contributed by atoms with E-state index in [0.29, 0.717) is 10.8 Å². The van der Waals surface area contributed by atoms with E-state index in [2.05, 4.69) is 49.4 Å². The van der Waals surface area contributed by atoms with Crippen molar-refractivity contribution in [1.29, 1.82) is 0 Å². The van der Waals surface area contributed by atoms with Crippen LogP contribution in [0.4, 0.5) is 11.4 Å². The number of nitrogens with one attached hydrogen (secondary N) is 2. The second-order valence-corrected chi connectivity index (χ2v) is 11.9. The molecule has 1 saturated heterocycles. The highest BCUT2D eigenvalue weighted by Crippen LogP contribution is 2.44. The van der Waals surface area contributed by atoms with Gasteiger partial charge in [-0.3, -0.25) is 14.3 Å². The van der Waals surface area contributed by atoms with Crippen LogP contribution in [0, 0.1) is 20.8 Å². The van der Waals surface area contributed by atoms with E-state index < -0.39 is 10.0 Å². The zero-order valence-corrected chi connectivity index (χ0v) is 22.7. The summed E-state index contributed by atoms with van der Waals surface area (Å²) in [5.41, 5.74) is 6.37. The summed E-state index contributed by atoms with van der Waals surface area (Å²) in [5, 5.41) is 6.96. The normalized spacial score (nSPS) is 17.9. The van der Waals surface area contributed by atoms with E-state index in [9.17, 15) is 8.42 Å². The fourth-order valence-electron chi connectivity index (χ4n) is 4.77. The fraction of sp³-hybridized carbons (Fsp3) is 0.240. The van der Waals surface area contributed by atoms with Crippen LogP contribution in [0.3, 0.4) is 0 Å². The lowest BCUT2D eigenvalue weighted by Gasteiger charge is -2.28. The molecule has 1 aromatic carbocycles. The standard InChI is InChI=1S/C25H26N6O2S3/c1-15-13-18(8-9-20(15)29-36(4,32)33)31-23(22(28-24(31)34)21-7-5-6-10-26-21)19-14-16(2)30(17(19)3)25-27-11-12-35-25/h5-14,22-23,29H,1-4H3,(H,28,34)/t22-,23-/m1/s1. The van der Waals surface area contributed by atoms with Crippen molar-refractivity contribution in [2.45, 2.75) is 32.9 Å². The van der Waals surface area contributed by atoms with Crippen molar-refractivity contribution in [3.63, 3.8) is 0 Å². The van der Waals surface area contributed by atoms with Gasteiger partial charge in [-0.2, -0.15) is 0 Å². The second-order valence-electron chi connectivity index (χ2n) is 8.85. The zero-order valence-electron chi connectivity index (χ0n) is 20.3. The number of aryl methyl sites for hydroxylation is 2. The topological polar surface area (TPSA) is 92.2 Å². The fourth-order valence-corrected chi connectivity index (χ4v) is 6.49. The Kier molecular flexibility index (Phi) is 6.31. The third-order valence-electron chi connectivity index (χ3n) is 6.28. The Bertz CT molecular complexity index is 1530. The Hall–Kier alpha value is -3.28. The Morgan fingerprint density at radius 1 is 1.08 bits per heavy atom. The molecular weight excluding hydrogens is 513 g/mol. The van der Waals surface area contributed by atoms with Gasteiger partial charge in [-0.25, -0.2) is 13.4 Å². The lowest BCUT2D eigenvalue weighted by atomic mass is 9.96. The van der Waals surface area contributed by atoms with Gasteiger partial charge >= 0.3 is 0 Å². The summed E-state index contributed by atoms with van der Waals surface area (Å²) in [6.07, 6.45) is 4.74. The van der Waals surface area contributed by atoms with Gasteiger partial charge in [-0.05, 0) is 80.5 Å². The lowest BCUT2D eigenvalue weighted by Crippen LogP contribution is -2.29. The van der Waals surface area contributed by atoms with Crippen molar-refractivity contribution in [2.75, 3.05) is 15.9 Å². The first kappa shape index (κ1) is 24.4. The average Bonchev–Trinajstić information content (AvgIpc) is 3.53. The van der Waals surface area contributed by atoms with Gasteiger partial charge in [-0.1, -0.05) is 6.07 Å². The molecule has 0 spiro atoms. The first-order chi connectivity index (χ1) is 17.1. The van der Waals surface area contributed by atoms with E-state index in [4.69, 9.17) is 12.2 Å². The molecule has 2 N–H and O–H groups in total. The quantitative estimate of drug-likeness (QED) is 0.341. The van der Waals surface area contributed by atoms with Crippen LogP contribution in [0.15, 0.2) is 60.2 Å². The number of thiazole rings is 1. The molecule has 4 heterocycles. The minimum absolute atomic E-state index is 0.180. The number of benzene rings is 1. The van der Waals surface area contributed by atoms with Crippen LogP contribution >= 0.6 is 23.6 Å². The molecule has 0 amide bonds. The molecule has 2 atom stereocenters. The van der Waals surface area contributed by atoms with Crippen LogP contribution < -0.4 is 14.9 Å². The summed E-state index contributed by atoms with van der Waals surface area (Å²) < 4.78 is 28.3. The molecule has 4 aromatic rings. The van der Waals surface area contributed by atoms with Gasteiger partial charge in [0.05, 0.1) is 29.7 Å². The SMILES string of the molecule is Cc1cc(N2C(=S)N[C@H](c3ccccn3)[C@H]2c2cc(C)n(-c3nccs3)c2C)ccc1NS(C)(=O)=O. The van der Waals surface area contributed by atoms with Crippen LogP contribution in [-0.2, 0) is 10.0 Å². The van der Waals surface area contributed by atoms with Gasteiger partial charge in [0, 0.05) is 34.8 Å². The molecule has 36 heavy (non-hydrogen) atoms. The summed E-state index contributed by atoms with van der Waals surface area (Å²) in [6, 6.07) is 13.3. The average molecular weight is 539 g/mol. The maximum atomic E-state index is 11.8. The molecule has 8 nitrogen and oxygen atoms in total. The van der Waals surface area contributed by atoms with Crippen molar-refractivity contribution >= 4 is 50.1 Å². The van der Waals surface area contributed by atoms with Crippen molar-refractivity contribution in [2.24, 2.45) is 0 Å². The summed E-state index contributed by atoms with van der Waals surface area (Å²) in [4.78, 5) is 11.3. The molecule has 11 heteroatoms. The smallest absolute Gasteiger partial charge is 0.229 e. The first-order valence-corrected chi connectivity index (χ1v) is 14.5. The Labute approximate surface area is 220 Å². The molecule has 1 aliphatic heterocycles. The van der Waals surface area contributed by atoms with Crippen LogP contribution in [0.25, 0.3) is 5.13 Å². The zero-order chi connectivity index (χ0) is 25.6. The Morgan fingerprint density at radius 3 is 2.53 bits per heavy atom. The minimum Gasteiger partial charge on any atom is -0.351 e. The van der Waals surface area contributed by atoms with Gasteiger partial charge in [0.2, 0.25) is 10.0 Å². The molecule has 0 radical (unpaired) electrons. The number of thiocarbonyl (C=S) groups is 1. The maximum Gasteiger partial charge on any atom is 0.229 e. The highest BCUT2D eigenvalue weighted by molar-refractivity contribution is 7.92. The molecule has 1 aliphatic rings.